The monoisotopic (exact) mass is 511 g/mol. The number of H-pyrrole nitrogens is 1. The van der Waals surface area contributed by atoms with Crippen LogP contribution in [0, 0.1) is 0 Å². The van der Waals surface area contributed by atoms with Gasteiger partial charge in [0.25, 0.3) is 0 Å². The van der Waals surface area contributed by atoms with Gasteiger partial charge in [0.1, 0.15) is 11.9 Å². The number of aromatic amines is 1. The third kappa shape index (κ3) is 7.23. The predicted molar refractivity (Wildman–Crippen MR) is 142 cm³/mol. The van der Waals surface area contributed by atoms with Crippen LogP contribution in [-0.2, 0) is 29.0 Å². The molecular formula is C27H30ClN3O3S. The van der Waals surface area contributed by atoms with Gasteiger partial charge in [-0.3, -0.25) is 4.79 Å². The van der Waals surface area contributed by atoms with E-state index in [4.69, 9.17) is 23.8 Å². The molecule has 0 bridgehead atoms. The van der Waals surface area contributed by atoms with Gasteiger partial charge in [-0.25, -0.2) is 9.78 Å². The van der Waals surface area contributed by atoms with E-state index in [2.05, 4.69) is 9.97 Å². The summed E-state index contributed by atoms with van der Waals surface area (Å²) in [6.45, 7) is 3.89. The highest BCUT2D eigenvalue weighted by molar-refractivity contribution is 7.80. The molecule has 0 fully saturated rings. The Bertz CT molecular complexity index is 1170. The molecule has 3 aromatic rings. The second kappa shape index (κ2) is 12.6. The van der Waals surface area contributed by atoms with Crippen molar-refractivity contribution < 1.29 is 14.7 Å². The van der Waals surface area contributed by atoms with Gasteiger partial charge in [-0.05, 0) is 37.0 Å². The topological polar surface area (TPSA) is 86.3 Å². The normalized spacial score (nSPS) is 12.7. The smallest absolute Gasteiger partial charge is 0.326 e. The van der Waals surface area contributed by atoms with E-state index >= 15 is 0 Å². The number of nitrogens with one attached hydrogen (secondary N) is 1. The van der Waals surface area contributed by atoms with E-state index in [1.54, 1.807) is 6.20 Å². The van der Waals surface area contributed by atoms with Crippen LogP contribution in [0.1, 0.15) is 55.3 Å². The fraction of sp³-hybridized carbons (Fsp3) is 0.333. The predicted octanol–water partition coefficient (Wildman–Crippen LogP) is 5.60. The van der Waals surface area contributed by atoms with Crippen molar-refractivity contribution in [3.05, 3.63) is 88.5 Å². The molecule has 0 saturated carbocycles. The van der Waals surface area contributed by atoms with Crippen molar-refractivity contribution in [2.45, 2.75) is 58.0 Å². The van der Waals surface area contributed by atoms with Crippen LogP contribution in [0.25, 0.3) is 0 Å². The molecule has 1 heterocycles. The number of amides is 1. The van der Waals surface area contributed by atoms with Crippen LogP contribution in [0.5, 0.6) is 0 Å². The molecule has 0 radical (unpaired) electrons. The first kappa shape index (κ1) is 26.6. The maximum atomic E-state index is 13.0. The number of imidazole rings is 1. The number of benzene rings is 2. The number of halogens is 1. The number of rotatable bonds is 12. The highest BCUT2D eigenvalue weighted by Crippen LogP contribution is 2.26. The van der Waals surface area contributed by atoms with Crippen molar-refractivity contribution in [3.63, 3.8) is 0 Å². The Kier molecular flexibility index (Phi) is 9.57. The molecule has 1 amide bonds. The quantitative estimate of drug-likeness (QED) is 0.309. The number of hydrogen-bond donors (Lipinski definition) is 2. The number of hydrogen-bond acceptors (Lipinski definition) is 4. The standard InChI is InChI=1S/C27H30ClN3O3S/c1-3-9-25(32)31(24(27(33)34)14-19-10-5-4-6-11-19)17-21-16-29-26(30-21)22(18(2)35)15-20-12-7-8-13-23(20)28/h4-8,10-13,16,22,24H,3,9,14-15,17H2,1-2H3,(H,29,30)(H,33,34)/t22?,24-/m0/s1. The van der Waals surface area contributed by atoms with Crippen molar-refractivity contribution in [2.24, 2.45) is 0 Å². The van der Waals surface area contributed by atoms with E-state index in [9.17, 15) is 14.7 Å². The number of aliphatic carboxylic acids is 1. The minimum Gasteiger partial charge on any atom is -0.480 e. The largest absolute Gasteiger partial charge is 0.480 e. The van der Waals surface area contributed by atoms with E-state index in [-0.39, 0.29) is 31.2 Å². The maximum Gasteiger partial charge on any atom is 0.326 e. The van der Waals surface area contributed by atoms with E-state index in [0.717, 1.165) is 16.0 Å². The first-order valence-electron chi connectivity index (χ1n) is 11.6. The van der Waals surface area contributed by atoms with E-state index in [1.165, 1.54) is 4.90 Å². The molecule has 184 valence electrons. The van der Waals surface area contributed by atoms with Crippen LogP contribution >= 0.6 is 23.8 Å². The van der Waals surface area contributed by atoms with E-state index in [0.29, 0.717) is 29.4 Å². The van der Waals surface area contributed by atoms with Crippen molar-refractivity contribution in [2.75, 3.05) is 0 Å². The van der Waals surface area contributed by atoms with Crippen LogP contribution in [0.4, 0.5) is 0 Å². The van der Waals surface area contributed by atoms with Gasteiger partial charge >= 0.3 is 5.97 Å². The second-order valence-corrected chi connectivity index (χ2v) is 9.62. The number of carbonyl (C=O) groups is 2. The molecule has 35 heavy (non-hydrogen) atoms. The molecule has 2 N–H and O–H groups in total. The minimum absolute atomic E-state index is 0.116. The lowest BCUT2D eigenvalue weighted by Gasteiger charge is -2.29. The molecule has 2 aromatic carbocycles. The first-order chi connectivity index (χ1) is 16.8. The fourth-order valence-electron chi connectivity index (χ4n) is 4.03. The zero-order chi connectivity index (χ0) is 25.4. The van der Waals surface area contributed by atoms with Gasteiger partial charge in [0.15, 0.2) is 0 Å². The summed E-state index contributed by atoms with van der Waals surface area (Å²) in [6.07, 6.45) is 3.37. The third-order valence-electron chi connectivity index (χ3n) is 5.91. The fourth-order valence-corrected chi connectivity index (χ4v) is 4.44. The summed E-state index contributed by atoms with van der Waals surface area (Å²) in [4.78, 5) is 35.3. The lowest BCUT2D eigenvalue weighted by atomic mass is 9.96. The van der Waals surface area contributed by atoms with E-state index in [1.807, 2.05) is 68.4 Å². The number of carboxylic acid groups (broad SMARTS) is 1. The van der Waals surface area contributed by atoms with Crippen LogP contribution in [0.15, 0.2) is 60.8 Å². The number of thiocarbonyl (C=S) groups is 1. The molecular weight excluding hydrogens is 482 g/mol. The Morgan fingerprint density at radius 1 is 1.11 bits per heavy atom. The van der Waals surface area contributed by atoms with Gasteiger partial charge in [-0.2, -0.15) is 0 Å². The highest BCUT2D eigenvalue weighted by Gasteiger charge is 2.30. The zero-order valence-electron chi connectivity index (χ0n) is 19.9. The number of carboxylic acids is 1. The van der Waals surface area contributed by atoms with Gasteiger partial charge in [0.05, 0.1) is 24.4 Å². The molecule has 0 spiro atoms. The Morgan fingerprint density at radius 3 is 2.43 bits per heavy atom. The van der Waals surface area contributed by atoms with Crippen molar-refractivity contribution >= 4 is 40.6 Å². The number of carbonyl (C=O) groups excluding carboxylic acids is 1. The van der Waals surface area contributed by atoms with Gasteiger partial charge in [0.2, 0.25) is 5.91 Å². The van der Waals surface area contributed by atoms with Crippen LogP contribution < -0.4 is 0 Å². The molecule has 0 aliphatic carbocycles. The number of nitrogens with zero attached hydrogens (tertiary/aromatic N) is 2. The lowest BCUT2D eigenvalue weighted by Crippen LogP contribution is -2.46. The highest BCUT2D eigenvalue weighted by atomic mass is 35.5. The summed E-state index contributed by atoms with van der Waals surface area (Å²) < 4.78 is 0. The molecule has 0 saturated heterocycles. The van der Waals surface area contributed by atoms with Crippen LogP contribution in [0.2, 0.25) is 5.02 Å². The van der Waals surface area contributed by atoms with Gasteiger partial charge in [0, 0.05) is 22.7 Å². The summed E-state index contributed by atoms with van der Waals surface area (Å²) in [5, 5.41) is 10.7. The lowest BCUT2D eigenvalue weighted by molar-refractivity contribution is -0.150. The van der Waals surface area contributed by atoms with Crippen LogP contribution in [-0.4, -0.2) is 42.8 Å². The first-order valence-corrected chi connectivity index (χ1v) is 12.4. The average molecular weight is 512 g/mol. The molecule has 2 atom stereocenters. The zero-order valence-corrected chi connectivity index (χ0v) is 21.5. The van der Waals surface area contributed by atoms with Gasteiger partial charge in [-0.15, -0.1) is 0 Å². The summed E-state index contributed by atoms with van der Waals surface area (Å²) in [5.74, 6) is -0.738. The van der Waals surface area contributed by atoms with Crippen molar-refractivity contribution in [1.82, 2.24) is 14.9 Å². The summed E-state index contributed by atoms with van der Waals surface area (Å²) in [6, 6.07) is 16.0. The second-order valence-electron chi connectivity index (χ2n) is 8.57. The molecule has 1 aromatic heterocycles. The SMILES string of the molecule is CCCC(=O)N(Cc1cnc(C(Cc2ccccc2Cl)C(C)=S)[nH]1)[C@@H](Cc1ccccc1)C(=O)O. The Balaban J connectivity index is 1.86. The summed E-state index contributed by atoms with van der Waals surface area (Å²) in [7, 11) is 0. The molecule has 1 unspecified atom stereocenters. The molecule has 0 aliphatic heterocycles. The summed E-state index contributed by atoms with van der Waals surface area (Å²) >= 11 is 11.9. The van der Waals surface area contributed by atoms with Crippen molar-refractivity contribution in [1.29, 1.82) is 0 Å². The Hall–Kier alpha value is -3.03. The van der Waals surface area contributed by atoms with Crippen molar-refractivity contribution in [3.8, 4) is 0 Å². The molecule has 8 heteroatoms. The third-order valence-corrected chi connectivity index (χ3v) is 6.56. The number of aromatic nitrogens is 2. The minimum atomic E-state index is -1.04. The summed E-state index contributed by atoms with van der Waals surface area (Å²) in [5.41, 5.74) is 2.48. The molecule has 0 aliphatic rings. The van der Waals surface area contributed by atoms with Crippen LogP contribution in [0.3, 0.4) is 0 Å². The molecule has 3 rings (SSSR count). The van der Waals surface area contributed by atoms with Gasteiger partial charge in [-0.1, -0.05) is 79.3 Å². The Labute approximate surface area is 216 Å². The van der Waals surface area contributed by atoms with E-state index < -0.39 is 12.0 Å². The van der Waals surface area contributed by atoms with Gasteiger partial charge < -0.3 is 15.0 Å². The Morgan fingerprint density at radius 2 is 1.80 bits per heavy atom. The average Bonchev–Trinajstić information content (AvgIpc) is 3.29. The molecule has 6 nitrogen and oxygen atoms in total. The maximum absolute atomic E-state index is 13.0.